The summed E-state index contributed by atoms with van der Waals surface area (Å²) in [6.45, 7) is 5.73. The minimum Gasteiger partial charge on any atom is -0.350 e. The quantitative estimate of drug-likeness (QED) is 0.498. The summed E-state index contributed by atoms with van der Waals surface area (Å²) < 4.78 is 0. The summed E-state index contributed by atoms with van der Waals surface area (Å²) in [5.41, 5.74) is 0. The number of unbranched alkanes of at least 4 members (excludes halogenated alkanes) is 2. The molecule has 0 saturated heterocycles. The van der Waals surface area contributed by atoms with Crippen molar-refractivity contribution in [3.8, 4) is 0 Å². The number of carbonyl (C=O) groups excluding carboxylic acids is 1. The first-order chi connectivity index (χ1) is 6.20. The van der Waals surface area contributed by atoms with Crippen molar-refractivity contribution < 1.29 is 4.79 Å². The van der Waals surface area contributed by atoms with E-state index in [0.29, 0.717) is 0 Å². The SMILES string of the molecule is C/C=C/[C@H](CCCCC)NC(C)=O. The summed E-state index contributed by atoms with van der Waals surface area (Å²) in [6, 6.07) is 0.231. The highest BCUT2D eigenvalue weighted by molar-refractivity contribution is 5.73. The molecule has 0 aliphatic carbocycles. The number of allylic oxidation sites excluding steroid dienone is 1. The highest BCUT2D eigenvalue weighted by atomic mass is 16.1. The van der Waals surface area contributed by atoms with Crippen LogP contribution in [0, 0.1) is 0 Å². The number of amides is 1. The van der Waals surface area contributed by atoms with Crippen molar-refractivity contribution in [1.82, 2.24) is 5.32 Å². The summed E-state index contributed by atoms with van der Waals surface area (Å²) >= 11 is 0. The van der Waals surface area contributed by atoms with Crippen LogP contribution in [0.2, 0.25) is 0 Å². The lowest BCUT2D eigenvalue weighted by Gasteiger charge is -2.12. The monoisotopic (exact) mass is 183 g/mol. The van der Waals surface area contributed by atoms with E-state index in [9.17, 15) is 4.79 Å². The highest BCUT2D eigenvalue weighted by Crippen LogP contribution is 2.04. The van der Waals surface area contributed by atoms with Crippen molar-refractivity contribution >= 4 is 5.91 Å². The van der Waals surface area contributed by atoms with Gasteiger partial charge in [-0.2, -0.15) is 0 Å². The Kier molecular flexibility index (Phi) is 7.36. The van der Waals surface area contributed by atoms with Gasteiger partial charge in [0.15, 0.2) is 0 Å². The molecule has 0 radical (unpaired) electrons. The molecule has 0 aromatic heterocycles. The van der Waals surface area contributed by atoms with Gasteiger partial charge in [-0.05, 0) is 13.3 Å². The predicted molar refractivity (Wildman–Crippen MR) is 56.6 cm³/mol. The fourth-order valence-electron chi connectivity index (χ4n) is 1.32. The second kappa shape index (κ2) is 7.84. The van der Waals surface area contributed by atoms with Gasteiger partial charge in [-0.1, -0.05) is 38.3 Å². The van der Waals surface area contributed by atoms with Gasteiger partial charge in [-0.3, -0.25) is 4.79 Å². The van der Waals surface area contributed by atoms with Crippen LogP contribution >= 0.6 is 0 Å². The minimum absolute atomic E-state index is 0.0552. The summed E-state index contributed by atoms with van der Waals surface area (Å²) in [5, 5.41) is 2.91. The Balaban J connectivity index is 3.73. The summed E-state index contributed by atoms with van der Waals surface area (Å²) in [5.74, 6) is 0.0552. The van der Waals surface area contributed by atoms with Gasteiger partial charge in [-0.25, -0.2) is 0 Å². The Labute approximate surface area is 81.4 Å². The molecule has 0 fully saturated rings. The molecule has 76 valence electrons. The molecule has 0 aliphatic heterocycles. The third kappa shape index (κ3) is 7.57. The zero-order valence-corrected chi connectivity index (χ0v) is 8.97. The largest absolute Gasteiger partial charge is 0.350 e. The van der Waals surface area contributed by atoms with Crippen molar-refractivity contribution in [2.75, 3.05) is 0 Å². The van der Waals surface area contributed by atoms with E-state index in [-0.39, 0.29) is 11.9 Å². The van der Waals surface area contributed by atoms with E-state index < -0.39 is 0 Å². The van der Waals surface area contributed by atoms with Crippen molar-refractivity contribution in [2.24, 2.45) is 0 Å². The van der Waals surface area contributed by atoms with E-state index >= 15 is 0 Å². The maximum absolute atomic E-state index is 10.8. The van der Waals surface area contributed by atoms with Gasteiger partial charge in [0.25, 0.3) is 0 Å². The lowest BCUT2D eigenvalue weighted by molar-refractivity contribution is -0.119. The Morgan fingerprint density at radius 2 is 2.15 bits per heavy atom. The van der Waals surface area contributed by atoms with Crippen LogP contribution in [-0.2, 0) is 4.79 Å². The van der Waals surface area contributed by atoms with E-state index in [0.717, 1.165) is 6.42 Å². The van der Waals surface area contributed by atoms with Crippen molar-refractivity contribution in [3.63, 3.8) is 0 Å². The van der Waals surface area contributed by atoms with Gasteiger partial charge in [0, 0.05) is 13.0 Å². The minimum atomic E-state index is 0.0552. The molecule has 0 heterocycles. The van der Waals surface area contributed by atoms with Crippen LogP contribution in [-0.4, -0.2) is 11.9 Å². The van der Waals surface area contributed by atoms with Crippen molar-refractivity contribution in [2.45, 2.75) is 52.5 Å². The van der Waals surface area contributed by atoms with Gasteiger partial charge in [0.1, 0.15) is 0 Å². The average molecular weight is 183 g/mol. The molecule has 0 unspecified atom stereocenters. The van der Waals surface area contributed by atoms with Crippen LogP contribution < -0.4 is 5.32 Å². The van der Waals surface area contributed by atoms with Crippen LogP contribution in [0.5, 0.6) is 0 Å². The molecular weight excluding hydrogens is 162 g/mol. The van der Waals surface area contributed by atoms with Gasteiger partial charge in [0.05, 0.1) is 0 Å². The van der Waals surface area contributed by atoms with Gasteiger partial charge < -0.3 is 5.32 Å². The molecule has 0 aliphatic rings. The first-order valence-corrected chi connectivity index (χ1v) is 5.10. The Hall–Kier alpha value is -0.790. The lowest BCUT2D eigenvalue weighted by atomic mass is 10.1. The molecule has 13 heavy (non-hydrogen) atoms. The van der Waals surface area contributed by atoms with Gasteiger partial charge in [0.2, 0.25) is 5.91 Å². The average Bonchev–Trinajstić information content (AvgIpc) is 2.04. The van der Waals surface area contributed by atoms with Crippen LogP contribution in [0.4, 0.5) is 0 Å². The van der Waals surface area contributed by atoms with E-state index in [1.165, 1.54) is 19.3 Å². The smallest absolute Gasteiger partial charge is 0.217 e. The molecular formula is C11H21NO. The second-order valence-electron chi connectivity index (χ2n) is 3.33. The molecule has 2 heteroatoms. The Morgan fingerprint density at radius 1 is 1.46 bits per heavy atom. The third-order valence-electron chi connectivity index (χ3n) is 1.93. The van der Waals surface area contributed by atoms with Crippen molar-refractivity contribution in [3.05, 3.63) is 12.2 Å². The fourth-order valence-corrected chi connectivity index (χ4v) is 1.32. The third-order valence-corrected chi connectivity index (χ3v) is 1.93. The summed E-state index contributed by atoms with van der Waals surface area (Å²) in [7, 11) is 0. The molecule has 0 spiro atoms. The van der Waals surface area contributed by atoms with Gasteiger partial charge in [-0.15, -0.1) is 0 Å². The van der Waals surface area contributed by atoms with E-state index in [1.807, 2.05) is 13.0 Å². The van der Waals surface area contributed by atoms with E-state index in [4.69, 9.17) is 0 Å². The molecule has 0 bridgehead atoms. The number of carbonyl (C=O) groups is 1. The molecule has 1 amide bonds. The summed E-state index contributed by atoms with van der Waals surface area (Å²) in [4.78, 5) is 10.8. The zero-order chi connectivity index (χ0) is 10.1. The normalized spacial score (nSPS) is 13.2. The number of hydrogen-bond donors (Lipinski definition) is 1. The molecule has 0 aromatic rings. The predicted octanol–water partition coefficient (Wildman–Crippen LogP) is 2.65. The van der Waals surface area contributed by atoms with Crippen LogP contribution in [0.1, 0.15) is 46.5 Å². The van der Waals surface area contributed by atoms with Gasteiger partial charge >= 0.3 is 0 Å². The number of hydrogen-bond acceptors (Lipinski definition) is 1. The lowest BCUT2D eigenvalue weighted by Crippen LogP contribution is -2.31. The maximum atomic E-state index is 10.8. The van der Waals surface area contributed by atoms with Crippen LogP contribution in [0.25, 0.3) is 0 Å². The molecule has 0 saturated carbocycles. The number of rotatable bonds is 6. The van der Waals surface area contributed by atoms with Crippen LogP contribution in [0.15, 0.2) is 12.2 Å². The summed E-state index contributed by atoms with van der Waals surface area (Å²) in [6.07, 6.45) is 8.75. The van der Waals surface area contributed by atoms with E-state index in [1.54, 1.807) is 6.92 Å². The highest BCUT2D eigenvalue weighted by Gasteiger charge is 2.04. The molecule has 0 rings (SSSR count). The topological polar surface area (TPSA) is 29.1 Å². The molecule has 1 N–H and O–H groups in total. The second-order valence-corrected chi connectivity index (χ2v) is 3.33. The number of nitrogens with one attached hydrogen (secondary N) is 1. The van der Waals surface area contributed by atoms with Crippen LogP contribution in [0.3, 0.4) is 0 Å². The maximum Gasteiger partial charge on any atom is 0.217 e. The Bertz CT molecular complexity index is 163. The Morgan fingerprint density at radius 3 is 2.62 bits per heavy atom. The molecule has 0 aromatic carbocycles. The standard InChI is InChI=1S/C11H21NO/c1-4-6-7-9-11(8-5-2)12-10(3)13/h5,8,11H,4,6-7,9H2,1-3H3,(H,12,13)/b8-5+/t11-/m1/s1. The fraction of sp³-hybridized carbons (Fsp3) is 0.727. The van der Waals surface area contributed by atoms with E-state index in [2.05, 4.69) is 18.3 Å². The van der Waals surface area contributed by atoms with Crippen molar-refractivity contribution in [1.29, 1.82) is 0 Å². The molecule has 2 nitrogen and oxygen atoms in total. The first-order valence-electron chi connectivity index (χ1n) is 5.10. The zero-order valence-electron chi connectivity index (χ0n) is 8.97. The molecule has 1 atom stereocenters. The first kappa shape index (κ1) is 12.2.